The third-order valence-electron chi connectivity index (χ3n) is 3.62. The van der Waals surface area contributed by atoms with Gasteiger partial charge in [-0.05, 0) is 6.42 Å². The second kappa shape index (κ2) is 5.49. The third kappa shape index (κ3) is 2.31. The first kappa shape index (κ1) is 14.9. The quantitative estimate of drug-likeness (QED) is 0.626. The fourth-order valence-corrected chi connectivity index (χ4v) is 2.45. The van der Waals surface area contributed by atoms with Crippen molar-refractivity contribution < 1.29 is 19.7 Å². The fraction of sp³-hybridized carbons (Fsp3) is 0.667. The van der Waals surface area contributed by atoms with E-state index in [-0.39, 0.29) is 6.61 Å². The number of methoxy groups -OCH3 is 1. The molecule has 1 aromatic heterocycles. The second-order valence-electron chi connectivity index (χ2n) is 4.81. The molecule has 8 nitrogen and oxygen atoms in total. The molecule has 2 rings (SSSR count). The van der Waals surface area contributed by atoms with E-state index in [1.807, 2.05) is 0 Å². The van der Waals surface area contributed by atoms with Gasteiger partial charge in [-0.25, -0.2) is 4.79 Å². The number of ether oxygens (including phenoxy) is 2. The van der Waals surface area contributed by atoms with Gasteiger partial charge in [-0.2, -0.15) is 0 Å². The fourth-order valence-electron chi connectivity index (χ4n) is 2.45. The molecule has 1 fully saturated rings. The Kier molecular flexibility index (Phi) is 4.09. The summed E-state index contributed by atoms with van der Waals surface area (Å²) in [5, 5.41) is 20.3. The molecule has 112 valence electrons. The Morgan fingerprint density at radius 3 is 2.75 bits per heavy atom. The molecule has 0 aliphatic carbocycles. The van der Waals surface area contributed by atoms with Crippen molar-refractivity contribution >= 4 is 0 Å². The average Bonchev–Trinajstić information content (AvgIpc) is 2.65. The Morgan fingerprint density at radius 1 is 1.50 bits per heavy atom. The number of aromatic nitrogens is 2. The summed E-state index contributed by atoms with van der Waals surface area (Å²) in [6.45, 7) is 1.86. The number of H-pyrrole nitrogens is 1. The highest BCUT2D eigenvalue weighted by atomic mass is 16.6. The van der Waals surface area contributed by atoms with Crippen molar-refractivity contribution in [2.45, 2.75) is 37.4 Å². The smallest absolute Gasteiger partial charge is 0.330 e. The zero-order valence-corrected chi connectivity index (χ0v) is 11.3. The minimum atomic E-state index is -1.30. The zero-order chi connectivity index (χ0) is 14.9. The maximum absolute atomic E-state index is 11.7. The summed E-state index contributed by atoms with van der Waals surface area (Å²) >= 11 is 0. The van der Waals surface area contributed by atoms with Crippen molar-refractivity contribution in [2.75, 3.05) is 13.7 Å². The molecule has 4 atom stereocenters. The van der Waals surface area contributed by atoms with Gasteiger partial charge in [0.15, 0.2) is 6.23 Å². The highest BCUT2D eigenvalue weighted by molar-refractivity contribution is 5.01. The summed E-state index contributed by atoms with van der Waals surface area (Å²) in [4.78, 5) is 24.9. The summed E-state index contributed by atoms with van der Waals surface area (Å²) in [6, 6.07) is 1.14. The number of hydrogen-bond donors (Lipinski definition) is 3. The number of rotatable bonds is 4. The van der Waals surface area contributed by atoms with Gasteiger partial charge in [0.25, 0.3) is 5.56 Å². The molecule has 0 radical (unpaired) electrons. The first-order chi connectivity index (χ1) is 9.45. The van der Waals surface area contributed by atoms with Crippen LogP contribution in [0.25, 0.3) is 0 Å². The van der Waals surface area contributed by atoms with Crippen LogP contribution < -0.4 is 11.2 Å². The standard InChI is InChI=1S/C12H18N2O6/c1-3-12(6-19-2)9(17)8(16)10(20-12)14-5-4-7(15)13-11(14)18/h4-5,8-10,16-17H,3,6H2,1-2H3,(H,13,15,18)/t8-,9?,10+,12+/m0/s1. The first-order valence-electron chi connectivity index (χ1n) is 6.29. The van der Waals surface area contributed by atoms with Crippen molar-refractivity contribution in [1.29, 1.82) is 0 Å². The first-order valence-corrected chi connectivity index (χ1v) is 6.29. The SMILES string of the molecule is CC[C@]1(COC)O[C@@H](n2ccc(=O)[nH]c2=O)[C@@H](O)C1O. The predicted octanol–water partition coefficient (Wildman–Crippen LogP) is -1.42. The van der Waals surface area contributed by atoms with Crippen LogP contribution in [0.15, 0.2) is 21.9 Å². The summed E-state index contributed by atoms with van der Waals surface area (Å²) in [5.74, 6) is 0. The van der Waals surface area contributed by atoms with Crippen molar-refractivity contribution in [2.24, 2.45) is 0 Å². The topological polar surface area (TPSA) is 114 Å². The molecule has 8 heteroatoms. The Labute approximate surface area is 114 Å². The van der Waals surface area contributed by atoms with Gasteiger partial charge in [0.1, 0.15) is 17.8 Å². The van der Waals surface area contributed by atoms with Crippen molar-refractivity contribution in [3.8, 4) is 0 Å². The average molecular weight is 286 g/mol. The van der Waals surface area contributed by atoms with E-state index in [1.54, 1.807) is 6.92 Å². The van der Waals surface area contributed by atoms with Crippen LogP contribution in [0, 0.1) is 0 Å². The minimum Gasteiger partial charge on any atom is -0.387 e. The number of nitrogens with zero attached hydrogens (tertiary/aromatic N) is 1. The Balaban J connectivity index is 2.39. The Morgan fingerprint density at radius 2 is 2.20 bits per heavy atom. The van der Waals surface area contributed by atoms with Crippen molar-refractivity contribution in [1.82, 2.24) is 9.55 Å². The molecule has 3 N–H and O–H groups in total. The second-order valence-corrected chi connectivity index (χ2v) is 4.81. The van der Waals surface area contributed by atoms with E-state index >= 15 is 0 Å². The molecular weight excluding hydrogens is 268 g/mol. The van der Waals surface area contributed by atoms with Crippen LogP contribution in [-0.4, -0.2) is 51.3 Å². The zero-order valence-electron chi connectivity index (χ0n) is 11.3. The largest absolute Gasteiger partial charge is 0.387 e. The van der Waals surface area contributed by atoms with Crippen LogP contribution in [0.3, 0.4) is 0 Å². The number of aromatic amines is 1. The van der Waals surface area contributed by atoms with Gasteiger partial charge in [0.05, 0.1) is 6.61 Å². The van der Waals surface area contributed by atoms with E-state index in [9.17, 15) is 19.8 Å². The number of nitrogens with one attached hydrogen (secondary N) is 1. The van der Waals surface area contributed by atoms with E-state index in [4.69, 9.17) is 9.47 Å². The number of aliphatic hydroxyl groups excluding tert-OH is 2. The molecule has 2 heterocycles. The predicted molar refractivity (Wildman–Crippen MR) is 68.4 cm³/mol. The molecule has 20 heavy (non-hydrogen) atoms. The van der Waals surface area contributed by atoms with Crippen molar-refractivity contribution in [3.63, 3.8) is 0 Å². The third-order valence-corrected chi connectivity index (χ3v) is 3.62. The van der Waals surface area contributed by atoms with E-state index in [0.29, 0.717) is 6.42 Å². The molecule has 1 aliphatic rings. The lowest BCUT2D eigenvalue weighted by Gasteiger charge is -2.29. The monoisotopic (exact) mass is 286 g/mol. The van der Waals surface area contributed by atoms with E-state index in [0.717, 1.165) is 10.6 Å². The molecule has 0 bridgehead atoms. The van der Waals surface area contributed by atoms with Crippen LogP contribution in [-0.2, 0) is 9.47 Å². The minimum absolute atomic E-state index is 0.0797. The Hall–Kier alpha value is -1.48. The van der Waals surface area contributed by atoms with Crippen LogP contribution in [0.2, 0.25) is 0 Å². The van der Waals surface area contributed by atoms with Gasteiger partial charge in [-0.1, -0.05) is 6.92 Å². The molecule has 1 aromatic rings. The summed E-state index contributed by atoms with van der Waals surface area (Å²) < 4.78 is 11.8. The lowest BCUT2D eigenvalue weighted by molar-refractivity contribution is -0.137. The molecule has 1 aliphatic heterocycles. The molecule has 0 aromatic carbocycles. The van der Waals surface area contributed by atoms with E-state index < -0.39 is 35.3 Å². The molecule has 0 spiro atoms. The van der Waals surface area contributed by atoms with Gasteiger partial charge < -0.3 is 19.7 Å². The van der Waals surface area contributed by atoms with Gasteiger partial charge in [0, 0.05) is 19.4 Å². The molecule has 1 unspecified atom stereocenters. The summed E-state index contributed by atoms with van der Waals surface area (Å²) in [7, 11) is 1.46. The maximum atomic E-state index is 11.7. The van der Waals surface area contributed by atoms with Crippen molar-refractivity contribution in [3.05, 3.63) is 33.1 Å². The van der Waals surface area contributed by atoms with Crippen LogP contribution in [0.5, 0.6) is 0 Å². The Bertz CT molecular complexity index is 582. The maximum Gasteiger partial charge on any atom is 0.330 e. The van der Waals surface area contributed by atoms with Gasteiger partial charge in [-0.15, -0.1) is 0 Å². The summed E-state index contributed by atoms with van der Waals surface area (Å²) in [6.07, 6.45) is -1.96. The number of aliphatic hydroxyl groups is 2. The molecule has 0 saturated carbocycles. The highest BCUT2D eigenvalue weighted by Gasteiger charge is 2.54. The lowest BCUT2D eigenvalue weighted by atomic mass is 9.93. The lowest BCUT2D eigenvalue weighted by Crippen LogP contribution is -2.46. The van der Waals surface area contributed by atoms with Gasteiger partial charge in [0.2, 0.25) is 0 Å². The van der Waals surface area contributed by atoms with E-state index in [1.165, 1.54) is 13.3 Å². The summed E-state index contributed by atoms with van der Waals surface area (Å²) in [5.41, 5.74) is -2.34. The molecule has 1 saturated heterocycles. The van der Waals surface area contributed by atoms with Crippen LogP contribution in [0.1, 0.15) is 19.6 Å². The normalized spacial score (nSPS) is 33.5. The molecule has 0 amide bonds. The van der Waals surface area contributed by atoms with Crippen LogP contribution >= 0.6 is 0 Å². The van der Waals surface area contributed by atoms with E-state index in [2.05, 4.69) is 4.98 Å². The number of hydrogen-bond acceptors (Lipinski definition) is 6. The van der Waals surface area contributed by atoms with Gasteiger partial charge >= 0.3 is 5.69 Å². The molecular formula is C12H18N2O6. The van der Waals surface area contributed by atoms with Crippen LogP contribution in [0.4, 0.5) is 0 Å². The van der Waals surface area contributed by atoms with Gasteiger partial charge in [-0.3, -0.25) is 14.3 Å². The highest BCUT2D eigenvalue weighted by Crippen LogP contribution is 2.38.